The maximum Gasteiger partial charge on any atom is 0.308 e. The van der Waals surface area contributed by atoms with Crippen molar-refractivity contribution in [2.24, 2.45) is 0 Å². The molecule has 0 unspecified atom stereocenters. The van der Waals surface area contributed by atoms with E-state index in [-0.39, 0.29) is 10.9 Å². The summed E-state index contributed by atoms with van der Waals surface area (Å²) in [5.41, 5.74) is 0.833. The summed E-state index contributed by atoms with van der Waals surface area (Å²) < 4.78 is 4.89. The van der Waals surface area contributed by atoms with Gasteiger partial charge in [-0.25, -0.2) is 0 Å². The maximum absolute atomic E-state index is 12.1. The fourth-order valence-corrected chi connectivity index (χ4v) is 1.98. The zero-order chi connectivity index (χ0) is 15.4. The lowest BCUT2D eigenvalue weighted by Crippen LogP contribution is -2.12. The summed E-state index contributed by atoms with van der Waals surface area (Å²) in [5, 5.41) is 3.31. The number of nitrogens with one attached hydrogen (secondary N) is 1. The van der Waals surface area contributed by atoms with E-state index in [1.165, 1.54) is 19.1 Å². The number of ether oxygens (including phenoxy) is 1. The Hall–Kier alpha value is -2.04. The normalized spacial score (nSPS) is 10.0. The van der Waals surface area contributed by atoms with Gasteiger partial charge in [-0.2, -0.15) is 0 Å². The van der Waals surface area contributed by atoms with Gasteiger partial charge in [0.25, 0.3) is 5.91 Å². The third-order valence-corrected chi connectivity index (χ3v) is 3.40. The molecule has 0 saturated heterocycles. The maximum atomic E-state index is 12.1. The fraction of sp³-hybridized carbons (Fsp3) is 0.0667. The number of amides is 1. The van der Waals surface area contributed by atoms with Crippen molar-refractivity contribution < 1.29 is 14.3 Å². The monoisotopic (exact) mass is 335 g/mol. The molecule has 0 radical (unpaired) electrons. The van der Waals surface area contributed by atoms with Gasteiger partial charge in [-0.1, -0.05) is 29.3 Å². The predicted octanol–water partition coefficient (Wildman–Crippen LogP) is 4.17. The van der Waals surface area contributed by atoms with E-state index < -0.39 is 5.97 Å². The van der Waals surface area contributed by atoms with Crippen LogP contribution in [0.5, 0.6) is 5.75 Å². The minimum atomic E-state index is -0.419. The fourth-order valence-electron chi connectivity index (χ4n) is 1.64. The van der Waals surface area contributed by atoms with Crippen molar-refractivity contribution in [2.75, 3.05) is 5.32 Å². The third kappa shape index (κ3) is 3.97. The van der Waals surface area contributed by atoms with Gasteiger partial charge in [0.1, 0.15) is 5.75 Å². The van der Waals surface area contributed by atoms with Crippen molar-refractivity contribution in [2.45, 2.75) is 6.92 Å². The largest absolute Gasteiger partial charge is 0.427 e. The van der Waals surface area contributed by atoms with Crippen molar-refractivity contribution in [3.8, 4) is 5.75 Å². The van der Waals surface area contributed by atoms with Crippen LogP contribution in [0, 0.1) is 0 Å². The van der Waals surface area contributed by atoms with E-state index in [2.05, 4.69) is 5.32 Å². The van der Waals surface area contributed by atoms with Crippen LogP contribution < -0.4 is 10.1 Å². The van der Waals surface area contributed by atoms with E-state index in [1.54, 1.807) is 30.3 Å². The van der Waals surface area contributed by atoms with Crippen molar-refractivity contribution >= 4 is 40.8 Å². The molecule has 0 bridgehead atoms. The average molecular weight is 336 g/mol. The zero-order valence-corrected chi connectivity index (χ0v) is 12.5. The molecule has 0 saturated carbocycles. The van der Waals surface area contributed by atoms with E-state index in [1.807, 2.05) is 0 Å². The molecule has 6 heteroatoms. The molecule has 0 aromatic heterocycles. The highest BCUT2D eigenvalue weighted by Crippen LogP contribution is 2.29. The van der Waals surface area contributed by atoms with Crippen molar-refractivity contribution in [3.05, 3.63) is 58.1 Å². The average Bonchev–Trinajstić information content (AvgIpc) is 2.44. The van der Waals surface area contributed by atoms with Crippen LogP contribution in [-0.2, 0) is 4.79 Å². The topological polar surface area (TPSA) is 55.4 Å². The highest BCUT2D eigenvalue weighted by atomic mass is 35.5. The Bertz CT molecular complexity index is 684. The van der Waals surface area contributed by atoms with Gasteiger partial charge >= 0.3 is 5.97 Å². The Morgan fingerprint density at radius 3 is 2.48 bits per heavy atom. The Morgan fingerprint density at radius 1 is 1.19 bits per heavy atom. The predicted molar refractivity (Wildman–Crippen MR) is 82.2 cm³/mol. The second-order valence-electron chi connectivity index (χ2n) is 4.17. The molecule has 21 heavy (non-hydrogen) atoms. The Balaban J connectivity index is 2.13. The molecule has 0 aliphatic rings. The van der Waals surface area contributed by atoms with E-state index in [9.17, 15) is 9.59 Å². The number of esters is 1. The smallest absolute Gasteiger partial charge is 0.308 e. The summed E-state index contributed by atoms with van der Waals surface area (Å²) in [6.45, 7) is 1.31. The zero-order valence-electron chi connectivity index (χ0n) is 11.0. The van der Waals surface area contributed by atoms with Crippen LogP contribution in [0.4, 0.5) is 5.69 Å². The number of carbonyl (C=O) groups is 2. The standard InChI is InChI=1S/C15H11Cl2NO3/c1-9(19)21-11-7-5-10(6-8-11)15(20)18-13-4-2-3-12(16)14(13)17/h2-8H,1H3,(H,18,20)/i2+2,3+2,4+2,12+2,13+2,14+2. The number of halogens is 2. The number of hydrogen-bond donors (Lipinski definition) is 1. The summed E-state index contributed by atoms with van der Waals surface area (Å²) in [7, 11) is 0. The second kappa shape index (κ2) is 6.61. The Labute approximate surface area is 131 Å². The van der Waals surface area contributed by atoms with E-state index in [4.69, 9.17) is 27.9 Å². The van der Waals surface area contributed by atoms with Crippen LogP contribution in [0.25, 0.3) is 0 Å². The molecule has 0 atom stereocenters. The summed E-state index contributed by atoms with van der Waals surface area (Å²) in [4.78, 5) is 22.9. The highest BCUT2D eigenvalue weighted by molar-refractivity contribution is 6.44. The van der Waals surface area contributed by atoms with Crippen LogP contribution in [0.15, 0.2) is 42.5 Å². The number of carbonyl (C=O) groups excluding carboxylic acids is 2. The Morgan fingerprint density at radius 2 is 1.86 bits per heavy atom. The number of anilines is 1. The molecular formula is C15H11Cl2NO3. The molecule has 0 heterocycles. The van der Waals surface area contributed by atoms with E-state index in [0.29, 0.717) is 22.0 Å². The van der Waals surface area contributed by atoms with Gasteiger partial charge in [0, 0.05) is 12.5 Å². The molecule has 1 amide bonds. The van der Waals surface area contributed by atoms with Gasteiger partial charge < -0.3 is 10.1 Å². The van der Waals surface area contributed by atoms with Crippen LogP contribution in [0.2, 0.25) is 10.0 Å². The number of hydrogen-bond acceptors (Lipinski definition) is 3. The summed E-state index contributed by atoms with van der Waals surface area (Å²) in [5.74, 6) is -0.383. The second-order valence-corrected chi connectivity index (χ2v) is 4.96. The first-order chi connectivity index (χ1) is 9.97. The molecule has 2 aromatic carbocycles. The molecule has 108 valence electrons. The molecule has 2 aromatic rings. The van der Waals surface area contributed by atoms with Crippen molar-refractivity contribution in [1.82, 2.24) is 0 Å². The van der Waals surface area contributed by atoms with E-state index >= 15 is 0 Å². The molecule has 2 rings (SSSR count). The van der Waals surface area contributed by atoms with Gasteiger partial charge in [0.15, 0.2) is 0 Å². The number of rotatable bonds is 3. The molecule has 0 aliphatic heterocycles. The lowest BCUT2D eigenvalue weighted by Gasteiger charge is -2.08. The molecule has 4 nitrogen and oxygen atoms in total. The van der Waals surface area contributed by atoms with Crippen LogP contribution in [-0.4, -0.2) is 11.9 Å². The summed E-state index contributed by atoms with van der Waals surface area (Å²) >= 11 is 11.9. The van der Waals surface area contributed by atoms with Gasteiger partial charge in [-0.3, -0.25) is 9.59 Å². The van der Waals surface area contributed by atoms with Crippen LogP contribution in [0.3, 0.4) is 0 Å². The minimum Gasteiger partial charge on any atom is -0.427 e. The molecule has 0 fully saturated rings. The van der Waals surface area contributed by atoms with Crippen molar-refractivity contribution in [1.29, 1.82) is 0 Å². The lowest BCUT2D eigenvalue weighted by atomic mass is 10.2. The van der Waals surface area contributed by atoms with Gasteiger partial charge in [-0.05, 0) is 36.4 Å². The van der Waals surface area contributed by atoms with Gasteiger partial charge in [-0.15, -0.1) is 0 Å². The van der Waals surface area contributed by atoms with Gasteiger partial charge in [0.05, 0.1) is 15.7 Å². The summed E-state index contributed by atoms with van der Waals surface area (Å²) in [6.07, 6.45) is 0. The van der Waals surface area contributed by atoms with Crippen LogP contribution >= 0.6 is 23.2 Å². The molecular weight excluding hydrogens is 325 g/mol. The minimum absolute atomic E-state index is 0.282. The highest BCUT2D eigenvalue weighted by Gasteiger charge is 2.10. The van der Waals surface area contributed by atoms with E-state index in [0.717, 1.165) is 0 Å². The first-order valence-electron chi connectivity index (χ1n) is 6.01. The first-order valence-corrected chi connectivity index (χ1v) is 6.77. The number of benzene rings is 2. The summed E-state index contributed by atoms with van der Waals surface area (Å²) in [6, 6.07) is 11.1. The lowest BCUT2D eigenvalue weighted by molar-refractivity contribution is -0.131. The first kappa shape index (κ1) is 15.4. The van der Waals surface area contributed by atoms with Crippen molar-refractivity contribution in [3.63, 3.8) is 0 Å². The third-order valence-electron chi connectivity index (χ3n) is 2.58. The van der Waals surface area contributed by atoms with Gasteiger partial charge in [0.2, 0.25) is 0 Å². The van der Waals surface area contributed by atoms with Crippen LogP contribution in [0.1, 0.15) is 17.3 Å². The molecule has 0 aliphatic carbocycles. The SMILES string of the molecule is CC(=O)Oc1ccc(C(=O)N[14c]2[14cH][14cH][14cH][14c](Cl)[14c]2Cl)cc1. The molecule has 1 N–H and O–H groups in total. The Kier molecular flexibility index (Phi) is 4.83. The molecule has 0 spiro atoms. The quantitative estimate of drug-likeness (QED) is 0.676.